The molecule has 2 heterocycles. The number of ether oxygens (including phenoxy) is 2. The summed E-state index contributed by atoms with van der Waals surface area (Å²) in [7, 11) is 1.52. The minimum atomic E-state index is -1.04. The molecule has 2 aliphatic heterocycles. The Hall–Kier alpha value is -4.49. The van der Waals surface area contributed by atoms with Gasteiger partial charge in [-0.1, -0.05) is 36.4 Å². The number of amides is 5. The van der Waals surface area contributed by atoms with E-state index in [0.29, 0.717) is 31.6 Å². The van der Waals surface area contributed by atoms with Crippen LogP contribution in [0.4, 0.5) is 0 Å². The molecule has 2 aromatic carbocycles. The predicted octanol–water partition coefficient (Wildman–Crippen LogP) is 1.36. The quantitative estimate of drug-likeness (QED) is 0.373. The van der Waals surface area contributed by atoms with Gasteiger partial charge in [-0.25, -0.2) is 0 Å². The summed E-state index contributed by atoms with van der Waals surface area (Å²) in [5.74, 6) is -1.48. The van der Waals surface area contributed by atoms with Crippen LogP contribution in [0.5, 0.6) is 5.75 Å². The van der Waals surface area contributed by atoms with Crippen molar-refractivity contribution in [3.63, 3.8) is 0 Å². The first-order valence-electron chi connectivity index (χ1n) is 16.7. The Balaban J connectivity index is 1.45. The Morgan fingerprint density at radius 2 is 1.65 bits per heavy atom. The summed E-state index contributed by atoms with van der Waals surface area (Å²) in [5, 5.41) is 11.4. The van der Waals surface area contributed by atoms with Crippen LogP contribution in [0.25, 0.3) is 0 Å². The molecular weight excluding hydrogens is 616 g/mol. The van der Waals surface area contributed by atoms with Crippen molar-refractivity contribution >= 4 is 29.5 Å². The molecule has 0 radical (unpaired) electrons. The van der Waals surface area contributed by atoms with Crippen molar-refractivity contribution in [2.45, 2.75) is 64.2 Å². The van der Waals surface area contributed by atoms with Crippen LogP contribution in [-0.2, 0) is 37.0 Å². The first-order valence-corrected chi connectivity index (χ1v) is 16.7. The van der Waals surface area contributed by atoms with Crippen molar-refractivity contribution in [1.29, 1.82) is 0 Å². The molecule has 0 unspecified atom stereocenters. The molecule has 13 nitrogen and oxygen atoms in total. The number of hydrogen-bond acceptors (Lipinski definition) is 8. The topological polar surface area (TPSA) is 158 Å². The molecule has 2 atom stereocenters. The van der Waals surface area contributed by atoms with Crippen LogP contribution in [0, 0.1) is 0 Å². The summed E-state index contributed by atoms with van der Waals surface area (Å²) in [4.78, 5) is 68.4. The lowest BCUT2D eigenvalue weighted by atomic mass is 10.1. The second kappa shape index (κ2) is 18.7. The van der Waals surface area contributed by atoms with Crippen molar-refractivity contribution in [3.05, 3.63) is 65.2 Å². The summed E-state index contributed by atoms with van der Waals surface area (Å²) >= 11 is 0. The third kappa shape index (κ3) is 11.9. The van der Waals surface area contributed by atoms with Crippen molar-refractivity contribution < 1.29 is 33.4 Å². The molecule has 5 amide bonds. The highest BCUT2D eigenvalue weighted by molar-refractivity contribution is 5.99. The Labute approximate surface area is 282 Å². The zero-order valence-electron chi connectivity index (χ0n) is 27.9. The molecule has 13 heteroatoms. The van der Waals surface area contributed by atoms with Gasteiger partial charge in [-0.05, 0) is 49.4 Å². The van der Waals surface area contributed by atoms with Crippen LogP contribution in [-0.4, -0.2) is 104 Å². The third-order valence-electron chi connectivity index (χ3n) is 8.26. The number of para-hydroxylation sites is 1. The zero-order valence-corrected chi connectivity index (χ0v) is 27.9. The van der Waals surface area contributed by atoms with Gasteiger partial charge in [0.15, 0.2) is 0 Å². The maximum absolute atomic E-state index is 13.5. The van der Waals surface area contributed by atoms with Crippen LogP contribution in [0.3, 0.4) is 0 Å². The van der Waals surface area contributed by atoms with Gasteiger partial charge in [0.05, 0.1) is 31.4 Å². The van der Waals surface area contributed by atoms with Crippen molar-refractivity contribution in [2.75, 3.05) is 53.0 Å². The number of likely N-dealkylation sites (N-methyl/N-ethyl adjacent to an activating group) is 1. The average molecular weight is 665 g/mol. The molecule has 0 spiro atoms. The van der Waals surface area contributed by atoms with E-state index >= 15 is 0 Å². The van der Waals surface area contributed by atoms with Gasteiger partial charge in [-0.3, -0.25) is 28.9 Å². The normalized spacial score (nSPS) is 21.4. The number of carbonyl (C=O) groups is 5. The fourth-order valence-corrected chi connectivity index (χ4v) is 5.44. The van der Waals surface area contributed by atoms with Crippen molar-refractivity contribution in [2.24, 2.45) is 0 Å². The lowest BCUT2D eigenvalue weighted by Crippen LogP contribution is -2.47. The van der Waals surface area contributed by atoms with Crippen LogP contribution >= 0.6 is 0 Å². The van der Waals surface area contributed by atoms with E-state index in [1.165, 1.54) is 17.5 Å². The second-order valence-electron chi connectivity index (χ2n) is 12.3. The molecule has 4 N–H and O–H groups in total. The zero-order chi connectivity index (χ0) is 34.3. The van der Waals surface area contributed by atoms with Crippen LogP contribution in [0.1, 0.15) is 60.5 Å². The van der Waals surface area contributed by atoms with E-state index in [-0.39, 0.29) is 61.9 Å². The van der Waals surface area contributed by atoms with E-state index < -0.39 is 17.9 Å². The molecule has 2 aromatic rings. The molecule has 2 aliphatic rings. The fraction of sp³-hybridized carbons (Fsp3) is 0.514. The van der Waals surface area contributed by atoms with E-state index in [1.54, 1.807) is 24.3 Å². The minimum absolute atomic E-state index is 0.0208. The van der Waals surface area contributed by atoms with Gasteiger partial charge in [-0.2, -0.15) is 0 Å². The standard InChI is InChI=1S/C35H48N6O7/c1-25-24-48-30-8-4-3-7-28(30)34(45)39-29(14-15-33(44)40(2)23-32(43)36-16-6-5-9-31(42)38-25)35(46)37-21-26-10-12-27(13-11-26)22-41-17-19-47-20-18-41/h3-4,7-8,10-13,25,29H,5-6,9,14-24H2,1-2H3,(H,36,43)(H,37,46)(H,38,42)(H,39,45)/t25-,29-/m0/s1. The minimum Gasteiger partial charge on any atom is -0.491 e. The van der Waals surface area contributed by atoms with Crippen LogP contribution in [0.15, 0.2) is 48.5 Å². The Bertz CT molecular complexity index is 1400. The lowest BCUT2D eigenvalue weighted by Gasteiger charge is -2.26. The number of carbonyl (C=O) groups excluding carboxylic acids is 5. The highest BCUT2D eigenvalue weighted by Gasteiger charge is 2.25. The third-order valence-corrected chi connectivity index (χ3v) is 8.26. The Morgan fingerprint density at radius 1 is 0.917 bits per heavy atom. The van der Waals surface area contributed by atoms with Gasteiger partial charge < -0.3 is 35.6 Å². The summed E-state index contributed by atoms with van der Waals surface area (Å²) in [6, 6.07) is 13.3. The first kappa shape index (κ1) is 36.3. The van der Waals surface area contributed by atoms with Gasteiger partial charge in [0.1, 0.15) is 18.4 Å². The number of benzene rings is 2. The number of nitrogens with one attached hydrogen (secondary N) is 4. The van der Waals surface area contributed by atoms with Crippen molar-refractivity contribution in [1.82, 2.24) is 31.1 Å². The second-order valence-corrected chi connectivity index (χ2v) is 12.3. The predicted molar refractivity (Wildman–Crippen MR) is 179 cm³/mol. The maximum Gasteiger partial charge on any atom is 0.255 e. The molecular formula is C35H48N6O7. The van der Waals surface area contributed by atoms with Gasteiger partial charge in [0.2, 0.25) is 23.6 Å². The SMILES string of the molecule is C[C@H]1COc2ccccc2C(=O)N[C@H](C(=O)NCc2ccc(CN3CCOCC3)cc2)CCC(=O)N(C)CC(=O)NCCCCC(=O)N1. The first-order chi connectivity index (χ1) is 23.2. The number of hydrogen-bond donors (Lipinski definition) is 4. The van der Waals surface area contributed by atoms with Gasteiger partial charge in [-0.15, -0.1) is 0 Å². The highest BCUT2D eigenvalue weighted by atomic mass is 16.5. The number of nitrogens with zero attached hydrogens (tertiary/aromatic N) is 2. The smallest absolute Gasteiger partial charge is 0.255 e. The van der Waals surface area contributed by atoms with E-state index in [4.69, 9.17) is 9.47 Å². The number of morpholine rings is 1. The molecule has 0 aliphatic carbocycles. The highest BCUT2D eigenvalue weighted by Crippen LogP contribution is 2.19. The molecule has 0 saturated carbocycles. The van der Waals surface area contributed by atoms with Gasteiger partial charge in [0.25, 0.3) is 5.91 Å². The van der Waals surface area contributed by atoms with E-state index in [9.17, 15) is 24.0 Å². The van der Waals surface area contributed by atoms with Gasteiger partial charge in [0, 0.05) is 52.6 Å². The molecule has 48 heavy (non-hydrogen) atoms. The summed E-state index contributed by atoms with van der Waals surface area (Å²) in [6.07, 6.45) is 1.44. The molecule has 0 aromatic heterocycles. The average Bonchev–Trinajstić information content (AvgIpc) is 3.08. The molecule has 1 fully saturated rings. The van der Waals surface area contributed by atoms with E-state index in [0.717, 1.165) is 38.4 Å². The van der Waals surface area contributed by atoms with Gasteiger partial charge >= 0.3 is 0 Å². The molecule has 4 rings (SSSR count). The van der Waals surface area contributed by atoms with Crippen LogP contribution in [0.2, 0.25) is 0 Å². The monoisotopic (exact) mass is 664 g/mol. The van der Waals surface area contributed by atoms with E-state index in [2.05, 4.69) is 26.2 Å². The summed E-state index contributed by atoms with van der Waals surface area (Å²) in [6.45, 7) is 6.49. The summed E-state index contributed by atoms with van der Waals surface area (Å²) < 4.78 is 11.3. The molecule has 0 bridgehead atoms. The van der Waals surface area contributed by atoms with Crippen molar-refractivity contribution in [3.8, 4) is 5.75 Å². The largest absolute Gasteiger partial charge is 0.491 e. The maximum atomic E-state index is 13.5. The Kier molecular flexibility index (Phi) is 14.2. The number of fused-ring (bicyclic) bond motifs is 1. The number of rotatable bonds is 5. The van der Waals surface area contributed by atoms with E-state index in [1.807, 2.05) is 31.2 Å². The summed E-state index contributed by atoms with van der Waals surface area (Å²) in [5.41, 5.74) is 2.28. The Morgan fingerprint density at radius 3 is 2.42 bits per heavy atom. The van der Waals surface area contributed by atoms with Crippen LogP contribution < -0.4 is 26.0 Å². The molecule has 1 saturated heterocycles. The fourth-order valence-electron chi connectivity index (χ4n) is 5.44. The lowest BCUT2D eigenvalue weighted by molar-refractivity contribution is -0.135. The molecule has 260 valence electrons.